The maximum Gasteiger partial charge on any atom is 0.337 e. The Morgan fingerprint density at radius 3 is 2.32 bits per heavy atom. The summed E-state index contributed by atoms with van der Waals surface area (Å²) in [5.74, 6) is 1.37. The predicted octanol–water partition coefficient (Wildman–Crippen LogP) is 2.64. The summed E-state index contributed by atoms with van der Waals surface area (Å²) < 4.78 is 0. The largest absolute Gasteiger partial charge is 0.478 e. The summed E-state index contributed by atoms with van der Waals surface area (Å²) in [7, 11) is 0. The SMILES string of the molecule is O=C(O)c1ccccc1Nc1cc(N2CCN(c3ccccn3)CC2)ncn1. The third kappa shape index (κ3) is 3.85. The maximum atomic E-state index is 11.4. The number of benzene rings is 1. The summed E-state index contributed by atoms with van der Waals surface area (Å²) in [5, 5.41) is 12.4. The van der Waals surface area contributed by atoms with Crippen LogP contribution in [0.3, 0.4) is 0 Å². The molecule has 0 bridgehead atoms. The molecule has 1 aliphatic rings. The summed E-state index contributed by atoms with van der Waals surface area (Å²) in [5.41, 5.74) is 0.700. The van der Waals surface area contributed by atoms with Crippen LogP contribution in [0.5, 0.6) is 0 Å². The number of hydrogen-bond acceptors (Lipinski definition) is 7. The molecule has 0 amide bonds. The third-order valence-electron chi connectivity index (χ3n) is 4.65. The first kappa shape index (κ1) is 17.7. The van der Waals surface area contributed by atoms with Crippen LogP contribution in [0.25, 0.3) is 0 Å². The lowest BCUT2D eigenvalue weighted by Gasteiger charge is -2.36. The van der Waals surface area contributed by atoms with E-state index >= 15 is 0 Å². The van der Waals surface area contributed by atoms with Crippen molar-refractivity contribution in [2.75, 3.05) is 41.3 Å². The second-order valence-electron chi connectivity index (χ2n) is 6.40. The number of rotatable bonds is 5. The fourth-order valence-corrected chi connectivity index (χ4v) is 3.21. The molecule has 0 radical (unpaired) electrons. The standard InChI is InChI=1S/C20H20N6O2/c27-20(28)15-5-1-2-6-16(15)24-17-13-19(23-14-22-17)26-11-9-25(10-12-26)18-7-3-4-8-21-18/h1-8,13-14H,9-12H2,(H,27,28)(H,22,23,24). The molecule has 2 aromatic heterocycles. The number of nitrogens with one attached hydrogen (secondary N) is 1. The highest BCUT2D eigenvalue weighted by molar-refractivity contribution is 5.95. The maximum absolute atomic E-state index is 11.4. The number of pyridine rings is 1. The lowest BCUT2D eigenvalue weighted by Crippen LogP contribution is -2.47. The molecular weight excluding hydrogens is 356 g/mol. The molecule has 0 aliphatic carbocycles. The van der Waals surface area contributed by atoms with Crippen LogP contribution in [0.15, 0.2) is 61.1 Å². The van der Waals surface area contributed by atoms with E-state index in [-0.39, 0.29) is 5.56 Å². The van der Waals surface area contributed by atoms with Gasteiger partial charge in [0.25, 0.3) is 0 Å². The zero-order chi connectivity index (χ0) is 19.3. The number of carbonyl (C=O) groups is 1. The fourth-order valence-electron chi connectivity index (χ4n) is 3.21. The molecule has 0 atom stereocenters. The van der Waals surface area contributed by atoms with Crippen molar-refractivity contribution < 1.29 is 9.90 Å². The lowest BCUT2D eigenvalue weighted by atomic mass is 10.2. The number of aromatic nitrogens is 3. The molecule has 1 aromatic carbocycles. The van der Waals surface area contributed by atoms with Gasteiger partial charge in [0.2, 0.25) is 0 Å². The summed E-state index contributed by atoms with van der Waals surface area (Å²) in [6, 6.07) is 14.5. The molecule has 2 N–H and O–H groups in total. The van der Waals surface area contributed by atoms with Gasteiger partial charge >= 0.3 is 5.97 Å². The van der Waals surface area contributed by atoms with Gasteiger partial charge in [-0.15, -0.1) is 0 Å². The lowest BCUT2D eigenvalue weighted by molar-refractivity contribution is 0.0698. The molecule has 1 fully saturated rings. The zero-order valence-electron chi connectivity index (χ0n) is 15.2. The van der Waals surface area contributed by atoms with Crippen molar-refractivity contribution in [3.63, 3.8) is 0 Å². The molecule has 28 heavy (non-hydrogen) atoms. The Hall–Kier alpha value is -3.68. The minimum Gasteiger partial charge on any atom is -0.478 e. The van der Waals surface area contributed by atoms with Crippen LogP contribution in [0, 0.1) is 0 Å². The Balaban J connectivity index is 1.46. The molecule has 142 valence electrons. The zero-order valence-corrected chi connectivity index (χ0v) is 15.2. The van der Waals surface area contributed by atoms with Crippen molar-refractivity contribution in [1.82, 2.24) is 15.0 Å². The first-order valence-electron chi connectivity index (χ1n) is 9.03. The van der Waals surface area contributed by atoms with Crippen molar-refractivity contribution in [3.05, 3.63) is 66.6 Å². The van der Waals surface area contributed by atoms with E-state index in [2.05, 4.69) is 30.1 Å². The second-order valence-corrected chi connectivity index (χ2v) is 6.40. The number of carboxylic acids is 1. The van der Waals surface area contributed by atoms with Gasteiger partial charge in [-0.1, -0.05) is 18.2 Å². The van der Waals surface area contributed by atoms with Gasteiger partial charge in [0.15, 0.2) is 0 Å². The van der Waals surface area contributed by atoms with Crippen LogP contribution in [0.1, 0.15) is 10.4 Å². The van der Waals surface area contributed by atoms with E-state index in [1.807, 2.05) is 24.3 Å². The topological polar surface area (TPSA) is 94.5 Å². The quantitative estimate of drug-likeness (QED) is 0.702. The van der Waals surface area contributed by atoms with Crippen LogP contribution in [-0.4, -0.2) is 52.2 Å². The van der Waals surface area contributed by atoms with E-state index in [0.29, 0.717) is 11.5 Å². The monoisotopic (exact) mass is 376 g/mol. The molecule has 0 unspecified atom stereocenters. The highest BCUT2D eigenvalue weighted by Crippen LogP contribution is 2.23. The van der Waals surface area contributed by atoms with Gasteiger partial charge in [0, 0.05) is 38.4 Å². The average Bonchev–Trinajstić information content (AvgIpc) is 2.75. The van der Waals surface area contributed by atoms with Crippen molar-refractivity contribution >= 4 is 29.1 Å². The van der Waals surface area contributed by atoms with E-state index in [1.54, 1.807) is 30.5 Å². The first-order chi connectivity index (χ1) is 13.7. The summed E-state index contributed by atoms with van der Waals surface area (Å²) in [6.07, 6.45) is 3.30. The molecule has 8 nitrogen and oxygen atoms in total. The molecule has 0 spiro atoms. The Kier molecular flexibility index (Phi) is 5.01. The Morgan fingerprint density at radius 1 is 0.893 bits per heavy atom. The second kappa shape index (κ2) is 7.91. The van der Waals surface area contributed by atoms with Gasteiger partial charge in [-0.05, 0) is 24.3 Å². The normalized spacial score (nSPS) is 14.0. The highest BCUT2D eigenvalue weighted by Gasteiger charge is 2.19. The molecule has 1 saturated heterocycles. The van der Waals surface area contributed by atoms with Crippen molar-refractivity contribution in [3.8, 4) is 0 Å². The number of nitrogens with zero attached hydrogens (tertiary/aromatic N) is 5. The van der Waals surface area contributed by atoms with E-state index in [1.165, 1.54) is 6.33 Å². The van der Waals surface area contributed by atoms with Gasteiger partial charge < -0.3 is 20.2 Å². The molecule has 4 rings (SSSR count). The van der Waals surface area contributed by atoms with E-state index in [9.17, 15) is 9.90 Å². The van der Waals surface area contributed by atoms with Gasteiger partial charge in [-0.25, -0.2) is 19.7 Å². The smallest absolute Gasteiger partial charge is 0.337 e. The van der Waals surface area contributed by atoms with E-state index in [0.717, 1.165) is 37.8 Å². The molecule has 0 saturated carbocycles. The van der Waals surface area contributed by atoms with Crippen LogP contribution in [-0.2, 0) is 0 Å². The number of aromatic carboxylic acids is 1. The van der Waals surface area contributed by atoms with Crippen molar-refractivity contribution in [2.45, 2.75) is 0 Å². The first-order valence-corrected chi connectivity index (χ1v) is 9.03. The summed E-state index contributed by atoms with van der Waals surface area (Å²) in [4.78, 5) is 28.8. The number of piperazine rings is 1. The van der Waals surface area contributed by atoms with Gasteiger partial charge in [0.05, 0.1) is 11.3 Å². The molecule has 3 aromatic rings. The molecule has 1 aliphatic heterocycles. The fraction of sp³-hybridized carbons (Fsp3) is 0.200. The number of carboxylic acid groups (broad SMARTS) is 1. The van der Waals surface area contributed by atoms with Crippen molar-refractivity contribution in [1.29, 1.82) is 0 Å². The minimum atomic E-state index is -0.983. The molecule has 3 heterocycles. The molecular formula is C20H20N6O2. The van der Waals surface area contributed by atoms with Crippen LogP contribution in [0.4, 0.5) is 23.1 Å². The van der Waals surface area contributed by atoms with Gasteiger partial charge in [0.1, 0.15) is 23.8 Å². The number of para-hydroxylation sites is 1. The summed E-state index contributed by atoms with van der Waals surface area (Å²) >= 11 is 0. The number of anilines is 4. The summed E-state index contributed by atoms with van der Waals surface area (Å²) in [6.45, 7) is 3.34. The Labute approximate surface area is 162 Å². The van der Waals surface area contributed by atoms with E-state index < -0.39 is 5.97 Å². The minimum absolute atomic E-state index is 0.201. The van der Waals surface area contributed by atoms with E-state index in [4.69, 9.17) is 0 Å². The Bertz CT molecular complexity index is 958. The number of hydrogen-bond donors (Lipinski definition) is 2. The highest BCUT2D eigenvalue weighted by atomic mass is 16.4. The van der Waals surface area contributed by atoms with Crippen LogP contribution >= 0.6 is 0 Å². The van der Waals surface area contributed by atoms with Gasteiger partial charge in [-0.3, -0.25) is 0 Å². The van der Waals surface area contributed by atoms with Crippen LogP contribution in [0.2, 0.25) is 0 Å². The predicted molar refractivity (Wildman–Crippen MR) is 107 cm³/mol. The van der Waals surface area contributed by atoms with Crippen LogP contribution < -0.4 is 15.1 Å². The Morgan fingerprint density at radius 2 is 1.61 bits per heavy atom. The third-order valence-corrected chi connectivity index (χ3v) is 4.65. The molecule has 8 heteroatoms. The van der Waals surface area contributed by atoms with Crippen molar-refractivity contribution in [2.24, 2.45) is 0 Å². The average molecular weight is 376 g/mol. The van der Waals surface area contributed by atoms with Gasteiger partial charge in [-0.2, -0.15) is 0 Å².